The first kappa shape index (κ1) is 16.4. The SMILES string of the molecule is COCOCCCNC(=O)c1coc(Sc2ncccn2)n1. The minimum absolute atomic E-state index is 0.219. The van der Waals surface area contributed by atoms with Crippen LogP contribution < -0.4 is 5.32 Å². The summed E-state index contributed by atoms with van der Waals surface area (Å²) in [5.41, 5.74) is 0.219. The molecule has 0 aliphatic heterocycles. The van der Waals surface area contributed by atoms with Crippen molar-refractivity contribution in [3.8, 4) is 0 Å². The molecule has 0 spiro atoms. The number of amides is 1. The summed E-state index contributed by atoms with van der Waals surface area (Å²) in [6, 6.07) is 1.72. The van der Waals surface area contributed by atoms with E-state index in [0.717, 1.165) is 11.8 Å². The average Bonchev–Trinajstić information content (AvgIpc) is 3.00. The van der Waals surface area contributed by atoms with E-state index in [1.165, 1.54) is 6.26 Å². The second-order valence-electron chi connectivity index (χ2n) is 4.06. The van der Waals surface area contributed by atoms with Gasteiger partial charge in [-0.05, 0) is 12.5 Å². The Kier molecular flexibility index (Phi) is 6.81. The Labute approximate surface area is 131 Å². The topological polar surface area (TPSA) is 99.4 Å². The first-order valence-corrected chi connectivity index (χ1v) is 7.36. The number of oxazole rings is 1. The maximum absolute atomic E-state index is 11.9. The molecule has 1 N–H and O–H groups in total. The fourth-order valence-corrected chi connectivity index (χ4v) is 2.06. The fraction of sp³-hybridized carbons (Fsp3) is 0.385. The highest BCUT2D eigenvalue weighted by Gasteiger charge is 2.13. The summed E-state index contributed by atoms with van der Waals surface area (Å²) < 4.78 is 15.1. The van der Waals surface area contributed by atoms with Crippen LogP contribution in [0.2, 0.25) is 0 Å². The van der Waals surface area contributed by atoms with Crippen LogP contribution in [0.5, 0.6) is 0 Å². The molecule has 8 nitrogen and oxygen atoms in total. The lowest BCUT2D eigenvalue weighted by atomic mass is 10.4. The molecule has 0 aromatic carbocycles. The number of carbonyl (C=O) groups is 1. The van der Waals surface area contributed by atoms with Crippen LogP contribution in [-0.4, -0.2) is 47.9 Å². The molecule has 2 aromatic heterocycles. The molecule has 0 saturated carbocycles. The van der Waals surface area contributed by atoms with Crippen LogP contribution in [0.25, 0.3) is 0 Å². The molecule has 118 valence electrons. The molecule has 9 heteroatoms. The maximum atomic E-state index is 11.9. The van der Waals surface area contributed by atoms with Crippen molar-refractivity contribution in [1.29, 1.82) is 0 Å². The Bertz CT molecular complexity index is 578. The Morgan fingerprint density at radius 1 is 1.41 bits per heavy atom. The largest absolute Gasteiger partial charge is 0.439 e. The van der Waals surface area contributed by atoms with Gasteiger partial charge in [-0.25, -0.2) is 9.97 Å². The molecular formula is C13H16N4O4S. The van der Waals surface area contributed by atoms with Crippen molar-refractivity contribution in [2.45, 2.75) is 16.8 Å². The number of ether oxygens (including phenoxy) is 2. The first-order valence-electron chi connectivity index (χ1n) is 6.55. The van der Waals surface area contributed by atoms with Crippen LogP contribution in [0.4, 0.5) is 0 Å². The zero-order valence-corrected chi connectivity index (χ0v) is 12.8. The summed E-state index contributed by atoms with van der Waals surface area (Å²) in [7, 11) is 1.56. The normalized spacial score (nSPS) is 10.6. The zero-order chi connectivity index (χ0) is 15.6. The summed E-state index contributed by atoms with van der Waals surface area (Å²) in [5, 5.41) is 3.56. The standard InChI is InChI=1S/C13H16N4O4S/c1-19-9-20-7-3-6-14-11(18)10-8-21-13(17-10)22-12-15-4-2-5-16-12/h2,4-5,8H,3,6-7,9H2,1H3,(H,14,18). The summed E-state index contributed by atoms with van der Waals surface area (Å²) in [5.74, 6) is -0.295. The number of hydrogen-bond donors (Lipinski definition) is 1. The van der Waals surface area contributed by atoms with Crippen molar-refractivity contribution in [2.24, 2.45) is 0 Å². The van der Waals surface area contributed by atoms with E-state index in [-0.39, 0.29) is 18.4 Å². The highest BCUT2D eigenvalue weighted by molar-refractivity contribution is 7.98. The highest BCUT2D eigenvalue weighted by atomic mass is 32.2. The molecular weight excluding hydrogens is 308 g/mol. The van der Waals surface area contributed by atoms with Gasteiger partial charge in [0.15, 0.2) is 10.9 Å². The molecule has 0 aliphatic rings. The Balaban J connectivity index is 1.74. The third-order valence-electron chi connectivity index (χ3n) is 2.39. The van der Waals surface area contributed by atoms with Crippen molar-refractivity contribution in [3.05, 3.63) is 30.4 Å². The van der Waals surface area contributed by atoms with E-state index < -0.39 is 0 Å². The second-order valence-corrected chi connectivity index (χ2v) is 4.97. The van der Waals surface area contributed by atoms with Gasteiger partial charge in [0.25, 0.3) is 11.1 Å². The summed E-state index contributed by atoms with van der Waals surface area (Å²) in [4.78, 5) is 24.0. The molecule has 1 amide bonds. The minimum atomic E-state index is -0.295. The van der Waals surface area contributed by atoms with Gasteiger partial charge < -0.3 is 19.2 Å². The van der Waals surface area contributed by atoms with E-state index >= 15 is 0 Å². The van der Waals surface area contributed by atoms with Gasteiger partial charge in [0.05, 0.1) is 6.61 Å². The molecule has 2 heterocycles. The predicted octanol–water partition coefficient (Wildman–Crippen LogP) is 1.36. The van der Waals surface area contributed by atoms with E-state index in [2.05, 4.69) is 20.3 Å². The lowest BCUT2D eigenvalue weighted by Gasteiger charge is -2.03. The number of methoxy groups -OCH3 is 1. The van der Waals surface area contributed by atoms with E-state index in [1.54, 1.807) is 25.6 Å². The van der Waals surface area contributed by atoms with Crippen LogP contribution in [0, 0.1) is 0 Å². The summed E-state index contributed by atoms with van der Waals surface area (Å²) in [6.45, 7) is 1.25. The zero-order valence-electron chi connectivity index (χ0n) is 12.0. The van der Waals surface area contributed by atoms with Gasteiger partial charge in [-0.2, -0.15) is 4.98 Å². The second kappa shape index (κ2) is 9.13. The lowest BCUT2D eigenvalue weighted by Crippen LogP contribution is -2.25. The van der Waals surface area contributed by atoms with Gasteiger partial charge >= 0.3 is 0 Å². The van der Waals surface area contributed by atoms with Gasteiger partial charge in [-0.1, -0.05) is 0 Å². The third kappa shape index (κ3) is 5.43. The van der Waals surface area contributed by atoms with Gasteiger partial charge in [0, 0.05) is 37.8 Å². The van der Waals surface area contributed by atoms with Gasteiger partial charge in [0.1, 0.15) is 13.1 Å². The number of aromatic nitrogens is 3. The number of carbonyl (C=O) groups excluding carboxylic acids is 1. The van der Waals surface area contributed by atoms with Crippen molar-refractivity contribution in [1.82, 2.24) is 20.3 Å². The van der Waals surface area contributed by atoms with Crippen molar-refractivity contribution in [3.63, 3.8) is 0 Å². The van der Waals surface area contributed by atoms with Crippen molar-refractivity contribution >= 4 is 17.7 Å². The summed E-state index contributed by atoms with van der Waals surface area (Å²) in [6.07, 6.45) is 5.24. The van der Waals surface area contributed by atoms with Crippen molar-refractivity contribution in [2.75, 3.05) is 27.1 Å². The number of nitrogens with zero attached hydrogens (tertiary/aromatic N) is 3. The van der Waals surface area contributed by atoms with Crippen LogP contribution >= 0.6 is 11.8 Å². The predicted molar refractivity (Wildman–Crippen MR) is 77.4 cm³/mol. The van der Waals surface area contributed by atoms with E-state index in [1.807, 2.05) is 0 Å². The first-order chi connectivity index (χ1) is 10.8. The molecule has 0 saturated heterocycles. The number of rotatable bonds is 9. The van der Waals surface area contributed by atoms with Gasteiger partial charge in [-0.3, -0.25) is 4.79 Å². The molecule has 2 rings (SSSR count). The van der Waals surface area contributed by atoms with Crippen LogP contribution in [0.15, 0.2) is 39.5 Å². The number of nitrogens with one attached hydrogen (secondary N) is 1. The van der Waals surface area contributed by atoms with Gasteiger partial charge in [-0.15, -0.1) is 0 Å². The maximum Gasteiger partial charge on any atom is 0.273 e. The highest BCUT2D eigenvalue weighted by Crippen LogP contribution is 2.22. The minimum Gasteiger partial charge on any atom is -0.439 e. The Hall–Kier alpha value is -1.97. The molecule has 0 radical (unpaired) electrons. The fourth-order valence-electron chi connectivity index (χ4n) is 1.43. The Morgan fingerprint density at radius 3 is 3.00 bits per heavy atom. The number of hydrogen-bond acceptors (Lipinski definition) is 8. The quantitative estimate of drug-likeness (QED) is 0.419. The molecule has 0 unspecified atom stereocenters. The Morgan fingerprint density at radius 2 is 2.23 bits per heavy atom. The lowest BCUT2D eigenvalue weighted by molar-refractivity contribution is -0.0308. The smallest absolute Gasteiger partial charge is 0.273 e. The van der Waals surface area contributed by atoms with Crippen LogP contribution in [0.1, 0.15) is 16.9 Å². The third-order valence-corrected chi connectivity index (χ3v) is 3.14. The van der Waals surface area contributed by atoms with E-state index in [9.17, 15) is 4.79 Å². The molecule has 0 atom stereocenters. The molecule has 2 aromatic rings. The van der Waals surface area contributed by atoms with E-state index in [0.29, 0.717) is 30.0 Å². The van der Waals surface area contributed by atoms with E-state index in [4.69, 9.17) is 13.9 Å². The van der Waals surface area contributed by atoms with Crippen LogP contribution in [0.3, 0.4) is 0 Å². The monoisotopic (exact) mass is 324 g/mol. The summed E-state index contributed by atoms with van der Waals surface area (Å²) >= 11 is 1.15. The molecule has 0 bridgehead atoms. The van der Waals surface area contributed by atoms with Gasteiger partial charge in [0.2, 0.25) is 0 Å². The van der Waals surface area contributed by atoms with Crippen molar-refractivity contribution < 1.29 is 18.7 Å². The molecule has 0 fully saturated rings. The van der Waals surface area contributed by atoms with Crippen LogP contribution in [-0.2, 0) is 9.47 Å². The molecule has 22 heavy (non-hydrogen) atoms. The molecule has 0 aliphatic carbocycles. The average molecular weight is 324 g/mol.